The van der Waals surface area contributed by atoms with Crippen molar-refractivity contribution in [2.45, 2.75) is 176 Å². The van der Waals surface area contributed by atoms with E-state index in [1.807, 2.05) is 32.1 Å². The summed E-state index contributed by atoms with van der Waals surface area (Å²) in [7, 11) is 0. The minimum Gasteiger partial charge on any atom is -0.484 e. The SMILES string of the molecule is CCC(=O)[C@H](C)[C@H](O)[C@H](C)/C=C/C(=O)O[C@@H]1[C@H](C)[C@H](CC[C@H](/C=C/C=C/C[C@@H](C)[C@H](O)[C@@]2(C)OC=C(C)C2=O)CC)O[C@]2(CC[C@H](C)[C@H](C[C@@H](C)O)O2)[C@@H]1C. The van der Waals surface area contributed by atoms with Crippen LogP contribution in [-0.2, 0) is 33.3 Å². The third-order valence-electron chi connectivity index (χ3n) is 12.7. The molecule has 15 atom stereocenters. The van der Waals surface area contributed by atoms with E-state index in [2.05, 4.69) is 26.8 Å². The minimum atomic E-state index is -1.25. The Balaban J connectivity index is 1.72. The van der Waals surface area contributed by atoms with Crippen molar-refractivity contribution < 1.29 is 48.7 Å². The average Bonchev–Trinajstić information content (AvgIpc) is 3.42. The lowest BCUT2D eigenvalue weighted by Gasteiger charge is -2.55. The van der Waals surface area contributed by atoms with Crippen molar-refractivity contribution in [3.8, 4) is 0 Å². The Morgan fingerprint density at radius 2 is 1.69 bits per heavy atom. The number of ether oxygens (including phenoxy) is 4. The zero-order valence-corrected chi connectivity index (χ0v) is 35.4. The lowest BCUT2D eigenvalue weighted by Crippen LogP contribution is -2.62. The molecule has 0 aromatic heterocycles. The Kier molecular flexibility index (Phi) is 17.6. The molecule has 0 saturated carbocycles. The van der Waals surface area contributed by atoms with Gasteiger partial charge in [-0.3, -0.25) is 9.59 Å². The van der Waals surface area contributed by atoms with E-state index in [4.69, 9.17) is 18.9 Å². The van der Waals surface area contributed by atoms with E-state index < -0.39 is 53.6 Å². The van der Waals surface area contributed by atoms with Gasteiger partial charge >= 0.3 is 5.97 Å². The predicted octanol–water partition coefficient (Wildman–Crippen LogP) is 7.59. The zero-order valence-electron chi connectivity index (χ0n) is 35.4. The number of ketones is 2. The molecule has 3 rings (SSSR count). The van der Waals surface area contributed by atoms with E-state index in [1.165, 1.54) is 12.3 Å². The quantitative estimate of drug-likeness (QED) is 0.0682. The number of rotatable bonds is 19. The Labute approximate surface area is 330 Å². The van der Waals surface area contributed by atoms with Crippen molar-refractivity contribution in [1.82, 2.24) is 0 Å². The van der Waals surface area contributed by atoms with Gasteiger partial charge in [-0.05, 0) is 77.0 Å². The molecule has 2 saturated heterocycles. The highest BCUT2D eigenvalue weighted by molar-refractivity contribution is 6.03. The number of hydrogen-bond donors (Lipinski definition) is 3. The summed E-state index contributed by atoms with van der Waals surface area (Å²) in [5, 5.41) is 31.9. The lowest BCUT2D eigenvalue weighted by atomic mass is 9.74. The molecule has 0 unspecified atom stereocenters. The molecule has 0 amide bonds. The van der Waals surface area contributed by atoms with Crippen LogP contribution in [0.1, 0.15) is 128 Å². The van der Waals surface area contributed by atoms with Crippen molar-refractivity contribution in [3.63, 3.8) is 0 Å². The van der Waals surface area contributed by atoms with Crippen molar-refractivity contribution in [1.29, 1.82) is 0 Å². The average molecular weight is 773 g/mol. The van der Waals surface area contributed by atoms with Gasteiger partial charge < -0.3 is 34.3 Å². The van der Waals surface area contributed by atoms with Crippen LogP contribution in [0.3, 0.4) is 0 Å². The number of aliphatic hydroxyl groups is 3. The first-order chi connectivity index (χ1) is 25.8. The lowest BCUT2D eigenvalue weighted by molar-refractivity contribution is -0.371. The molecular formula is C45H72O10. The van der Waals surface area contributed by atoms with Gasteiger partial charge in [0.2, 0.25) is 5.78 Å². The number of carbonyl (C=O) groups is 3. The number of esters is 1. The summed E-state index contributed by atoms with van der Waals surface area (Å²) in [5.41, 5.74) is -0.736. The highest BCUT2D eigenvalue weighted by Gasteiger charge is 2.56. The highest BCUT2D eigenvalue weighted by atomic mass is 16.7. The Hall–Kier alpha value is -2.63. The molecule has 0 aliphatic carbocycles. The number of Topliss-reactive ketones (excluding diaryl/α,β-unsaturated/α-hetero) is 2. The molecule has 312 valence electrons. The van der Waals surface area contributed by atoms with E-state index in [0.717, 1.165) is 25.7 Å². The van der Waals surface area contributed by atoms with Crippen LogP contribution < -0.4 is 0 Å². The molecule has 10 heteroatoms. The summed E-state index contributed by atoms with van der Waals surface area (Å²) in [6.45, 7) is 20.7. The number of allylic oxidation sites excluding steroid dienone is 4. The van der Waals surface area contributed by atoms with Crippen molar-refractivity contribution in [3.05, 3.63) is 48.3 Å². The highest BCUT2D eigenvalue weighted by Crippen LogP contribution is 2.49. The van der Waals surface area contributed by atoms with Crippen LogP contribution in [-0.4, -0.2) is 80.9 Å². The molecule has 3 aliphatic heterocycles. The molecule has 3 N–H and O–H groups in total. The van der Waals surface area contributed by atoms with Crippen LogP contribution in [0, 0.1) is 41.4 Å². The fraction of sp³-hybridized carbons (Fsp3) is 0.756. The first kappa shape index (κ1) is 46.8. The van der Waals surface area contributed by atoms with Gasteiger partial charge in [-0.25, -0.2) is 4.79 Å². The summed E-state index contributed by atoms with van der Waals surface area (Å²) in [4.78, 5) is 38.1. The Morgan fingerprint density at radius 1 is 1.02 bits per heavy atom. The third-order valence-corrected chi connectivity index (χ3v) is 12.7. The van der Waals surface area contributed by atoms with E-state index in [9.17, 15) is 29.7 Å². The van der Waals surface area contributed by atoms with Gasteiger partial charge in [-0.15, -0.1) is 0 Å². The van der Waals surface area contributed by atoms with Crippen LogP contribution in [0.5, 0.6) is 0 Å². The van der Waals surface area contributed by atoms with Crippen molar-refractivity contribution in [2.24, 2.45) is 41.4 Å². The van der Waals surface area contributed by atoms with Crippen molar-refractivity contribution in [2.75, 3.05) is 0 Å². The molecule has 3 aliphatic rings. The van der Waals surface area contributed by atoms with Gasteiger partial charge in [-0.2, -0.15) is 0 Å². The molecule has 0 radical (unpaired) electrons. The zero-order chi connectivity index (χ0) is 41.2. The molecular weight excluding hydrogens is 700 g/mol. The number of aliphatic hydroxyl groups excluding tert-OH is 3. The Bertz CT molecular complexity index is 1400. The monoisotopic (exact) mass is 773 g/mol. The van der Waals surface area contributed by atoms with Crippen LogP contribution in [0.15, 0.2) is 48.3 Å². The molecule has 55 heavy (non-hydrogen) atoms. The number of carbonyl (C=O) groups excluding carboxylic acids is 3. The molecule has 0 bridgehead atoms. The smallest absolute Gasteiger partial charge is 0.330 e. The maximum Gasteiger partial charge on any atom is 0.330 e. The molecule has 1 spiro atoms. The van der Waals surface area contributed by atoms with Gasteiger partial charge in [0.1, 0.15) is 18.0 Å². The second-order valence-electron chi connectivity index (χ2n) is 17.2. The largest absolute Gasteiger partial charge is 0.484 e. The minimum absolute atomic E-state index is 0.0251. The predicted molar refractivity (Wildman–Crippen MR) is 213 cm³/mol. The summed E-state index contributed by atoms with van der Waals surface area (Å²) in [6.07, 6.45) is 14.7. The maximum atomic E-state index is 13.4. The third kappa shape index (κ3) is 11.7. The van der Waals surface area contributed by atoms with E-state index >= 15 is 0 Å². The summed E-state index contributed by atoms with van der Waals surface area (Å²) in [6, 6.07) is 0. The van der Waals surface area contributed by atoms with Crippen LogP contribution in [0.25, 0.3) is 0 Å². The standard InChI is InChI=1S/C45H72O10/c1-12-35(18-16-14-15-17-29(5)42(50)44(11)43(51)30(6)26-52-44)20-21-37-33(9)41(53-39(48)22-19-28(4)40(49)32(8)36(47)13-2)34(10)45(54-37)24-23-27(3)38(55-45)25-31(7)46/h14-16,18-19,22,26-29,31-35,37-38,40-42,46,49-50H,12-13,17,20-21,23-25H2,1-11H3/b15-14+,18-16+,22-19+/t27-,28+,29+,31+,32-,33+,34+,35-,37-,38-,40+,41+,42-,44+,45-/m0/s1. The van der Waals surface area contributed by atoms with E-state index in [-0.39, 0.29) is 53.4 Å². The summed E-state index contributed by atoms with van der Waals surface area (Å²) < 4.78 is 25.6. The first-order valence-corrected chi connectivity index (χ1v) is 20.9. The normalized spacial score (nSPS) is 34.0. The van der Waals surface area contributed by atoms with E-state index in [1.54, 1.807) is 47.6 Å². The molecule has 3 heterocycles. The summed E-state index contributed by atoms with van der Waals surface area (Å²) >= 11 is 0. The fourth-order valence-corrected chi connectivity index (χ4v) is 8.48. The molecule has 2 fully saturated rings. The first-order valence-electron chi connectivity index (χ1n) is 20.9. The fourth-order valence-electron chi connectivity index (χ4n) is 8.48. The van der Waals surface area contributed by atoms with Gasteiger partial charge in [-0.1, -0.05) is 85.8 Å². The second-order valence-corrected chi connectivity index (χ2v) is 17.2. The van der Waals surface area contributed by atoms with Crippen LogP contribution in [0.4, 0.5) is 0 Å². The molecule has 10 nitrogen and oxygen atoms in total. The molecule has 0 aromatic rings. The maximum absolute atomic E-state index is 13.4. The van der Waals surface area contributed by atoms with Crippen LogP contribution >= 0.6 is 0 Å². The Morgan fingerprint density at radius 3 is 2.29 bits per heavy atom. The van der Waals surface area contributed by atoms with Crippen LogP contribution in [0.2, 0.25) is 0 Å². The summed E-state index contributed by atoms with van der Waals surface area (Å²) in [5.74, 6) is -2.72. The van der Waals surface area contributed by atoms with Gasteiger partial charge in [0.15, 0.2) is 11.4 Å². The van der Waals surface area contributed by atoms with Gasteiger partial charge in [0, 0.05) is 48.2 Å². The topological polar surface area (TPSA) is 149 Å². The van der Waals surface area contributed by atoms with Crippen molar-refractivity contribution >= 4 is 17.5 Å². The van der Waals surface area contributed by atoms with Gasteiger partial charge in [0.05, 0.1) is 30.7 Å². The number of hydrogen-bond acceptors (Lipinski definition) is 10. The van der Waals surface area contributed by atoms with E-state index in [0.29, 0.717) is 31.3 Å². The second kappa shape index (κ2) is 20.7. The van der Waals surface area contributed by atoms with Gasteiger partial charge in [0.25, 0.3) is 0 Å². The molecule has 0 aromatic carbocycles.